The molecule has 0 atom stereocenters. The number of rotatable bonds is 5. The fourth-order valence-corrected chi connectivity index (χ4v) is 3.27. The number of nitrogens with zero attached hydrogens (tertiary/aromatic N) is 1. The Balaban J connectivity index is 1.77. The Morgan fingerprint density at radius 3 is 3.00 bits per heavy atom. The summed E-state index contributed by atoms with van der Waals surface area (Å²) in [4.78, 5) is 17.1. The van der Waals surface area contributed by atoms with E-state index in [-0.39, 0.29) is 11.4 Å². The van der Waals surface area contributed by atoms with Crippen molar-refractivity contribution < 1.29 is 14.6 Å². The quantitative estimate of drug-likeness (QED) is 0.920. The second kappa shape index (κ2) is 6.26. The molecule has 4 nitrogen and oxygen atoms in total. The van der Waals surface area contributed by atoms with E-state index in [0.29, 0.717) is 6.61 Å². The summed E-state index contributed by atoms with van der Waals surface area (Å²) < 4.78 is 5.65. The first-order chi connectivity index (χ1) is 10.2. The van der Waals surface area contributed by atoms with Crippen molar-refractivity contribution >= 4 is 17.3 Å². The largest absolute Gasteiger partial charge is 0.477 e. The van der Waals surface area contributed by atoms with Gasteiger partial charge in [0.25, 0.3) is 0 Å². The Hall–Kier alpha value is -1.88. The van der Waals surface area contributed by atoms with Crippen LogP contribution in [-0.2, 0) is 19.3 Å². The third kappa shape index (κ3) is 3.24. The summed E-state index contributed by atoms with van der Waals surface area (Å²) >= 11 is 1.67. The summed E-state index contributed by atoms with van der Waals surface area (Å²) in [6, 6.07) is 5.79. The second-order valence-corrected chi connectivity index (χ2v) is 6.17. The number of pyridine rings is 1. The predicted molar refractivity (Wildman–Crippen MR) is 81.4 cm³/mol. The van der Waals surface area contributed by atoms with Crippen LogP contribution < -0.4 is 4.74 Å². The van der Waals surface area contributed by atoms with Gasteiger partial charge in [-0.25, -0.2) is 9.78 Å². The lowest BCUT2D eigenvalue weighted by Gasteiger charge is -2.17. The van der Waals surface area contributed by atoms with Crippen molar-refractivity contribution in [1.29, 1.82) is 0 Å². The van der Waals surface area contributed by atoms with Crippen LogP contribution in [0.15, 0.2) is 23.6 Å². The van der Waals surface area contributed by atoms with Gasteiger partial charge in [-0.15, -0.1) is 11.3 Å². The minimum Gasteiger partial charge on any atom is -0.477 e. The molecule has 0 bridgehead atoms. The molecule has 2 heterocycles. The summed E-state index contributed by atoms with van der Waals surface area (Å²) in [6.45, 7) is 0.451. The van der Waals surface area contributed by atoms with Crippen LogP contribution in [0.5, 0.6) is 5.88 Å². The number of hydrogen-bond donors (Lipinski definition) is 1. The first kappa shape index (κ1) is 14.1. The molecule has 21 heavy (non-hydrogen) atoms. The standard InChI is InChI=1S/C16H17NO3S/c18-16(19)13-10-11-4-1-2-6-14(11)17-15(13)20-8-7-12-5-3-9-21-12/h3,5,9-10H,1-2,4,6-8H2,(H,18,19). The van der Waals surface area contributed by atoms with Crippen LogP contribution >= 0.6 is 11.3 Å². The molecule has 2 aromatic rings. The van der Waals surface area contributed by atoms with E-state index in [9.17, 15) is 9.90 Å². The van der Waals surface area contributed by atoms with Gasteiger partial charge in [-0.1, -0.05) is 6.07 Å². The van der Waals surface area contributed by atoms with E-state index in [0.717, 1.165) is 43.4 Å². The molecule has 5 heteroatoms. The summed E-state index contributed by atoms with van der Waals surface area (Å²) in [7, 11) is 0. The molecule has 0 saturated heterocycles. The van der Waals surface area contributed by atoms with Crippen LogP contribution in [0.1, 0.15) is 39.3 Å². The number of carboxylic acid groups (broad SMARTS) is 1. The maximum Gasteiger partial charge on any atom is 0.341 e. The Morgan fingerprint density at radius 2 is 2.24 bits per heavy atom. The van der Waals surface area contributed by atoms with Crippen LogP contribution in [0.25, 0.3) is 0 Å². The third-order valence-electron chi connectivity index (χ3n) is 3.66. The molecule has 0 fully saturated rings. The van der Waals surface area contributed by atoms with Gasteiger partial charge in [-0.2, -0.15) is 0 Å². The molecule has 110 valence electrons. The first-order valence-electron chi connectivity index (χ1n) is 7.15. The fourth-order valence-electron chi connectivity index (χ4n) is 2.58. The highest BCUT2D eigenvalue weighted by Gasteiger charge is 2.19. The van der Waals surface area contributed by atoms with Crippen molar-refractivity contribution in [3.63, 3.8) is 0 Å². The SMILES string of the molecule is O=C(O)c1cc2c(nc1OCCc1cccs1)CCCC2. The number of aryl methyl sites for hydroxylation is 2. The van der Waals surface area contributed by atoms with Crippen molar-refractivity contribution in [3.8, 4) is 5.88 Å². The van der Waals surface area contributed by atoms with Gasteiger partial charge in [0.1, 0.15) is 5.56 Å². The zero-order valence-electron chi connectivity index (χ0n) is 11.7. The lowest BCUT2D eigenvalue weighted by molar-refractivity contribution is 0.0691. The van der Waals surface area contributed by atoms with Gasteiger partial charge < -0.3 is 9.84 Å². The third-order valence-corrected chi connectivity index (χ3v) is 4.60. The van der Waals surface area contributed by atoms with Gasteiger partial charge in [0, 0.05) is 17.0 Å². The Morgan fingerprint density at radius 1 is 1.38 bits per heavy atom. The number of carboxylic acids is 1. The van der Waals surface area contributed by atoms with Gasteiger partial charge in [-0.3, -0.25) is 0 Å². The van der Waals surface area contributed by atoms with E-state index in [1.54, 1.807) is 17.4 Å². The number of thiophene rings is 1. The zero-order valence-corrected chi connectivity index (χ0v) is 12.5. The monoisotopic (exact) mass is 303 g/mol. The molecule has 1 N–H and O–H groups in total. The van der Waals surface area contributed by atoms with Gasteiger partial charge in [0.15, 0.2) is 0 Å². The number of ether oxygens (including phenoxy) is 1. The molecule has 0 saturated carbocycles. The number of aromatic carboxylic acids is 1. The number of hydrogen-bond acceptors (Lipinski definition) is 4. The Labute approximate surface area is 127 Å². The molecule has 0 unspecified atom stereocenters. The average molecular weight is 303 g/mol. The first-order valence-corrected chi connectivity index (χ1v) is 8.03. The second-order valence-electron chi connectivity index (χ2n) is 5.14. The molecule has 2 aromatic heterocycles. The van der Waals surface area contributed by atoms with E-state index in [4.69, 9.17) is 4.74 Å². The maximum absolute atomic E-state index is 11.4. The summed E-state index contributed by atoms with van der Waals surface area (Å²) in [5.74, 6) is -0.707. The van der Waals surface area contributed by atoms with Crippen molar-refractivity contribution in [2.45, 2.75) is 32.1 Å². The minimum atomic E-state index is -0.970. The normalized spacial score (nSPS) is 13.7. The molecule has 3 rings (SSSR count). The molecule has 1 aliphatic carbocycles. The highest BCUT2D eigenvalue weighted by Crippen LogP contribution is 2.26. The maximum atomic E-state index is 11.4. The summed E-state index contributed by atoms with van der Waals surface area (Å²) in [5.41, 5.74) is 2.24. The van der Waals surface area contributed by atoms with E-state index in [1.165, 1.54) is 4.88 Å². The summed E-state index contributed by atoms with van der Waals surface area (Å²) in [5, 5.41) is 11.4. The van der Waals surface area contributed by atoms with Crippen molar-refractivity contribution in [2.75, 3.05) is 6.61 Å². The topological polar surface area (TPSA) is 59.4 Å². The summed E-state index contributed by atoms with van der Waals surface area (Å²) in [6.07, 6.45) is 4.82. The van der Waals surface area contributed by atoms with Gasteiger partial charge in [0.2, 0.25) is 5.88 Å². The molecule has 0 amide bonds. The highest BCUT2D eigenvalue weighted by molar-refractivity contribution is 7.09. The van der Waals surface area contributed by atoms with Crippen LogP contribution in [0.3, 0.4) is 0 Å². The Kier molecular flexibility index (Phi) is 4.20. The average Bonchev–Trinajstić information content (AvgIpc) is 2.99. The van der Waals surface area contributed by atoms with Crippen LogP contribution in [0.4, 0.5) is 0 Å². The highest BCUT2D eigenvalue weighted by atomic mass is 32.1. The van der Waals surface area contributed by atoms with Gasteiger partial charge >= 0.3 is 5.97 Å². The van der Waals surface area contributed by atoms with Crippen molar-refractivity contribution in [2.24, 2.45) is 0 Å². The lowest BCUT2D eigenvalue weighted by Crippen LogP contribution is -2.13. The van der Waals surface area contributed by atoms with E-state index in [1.807, 2.05) is 17.5 Å². The molecular weight excluding hydrogens is 286 g/mol. The smallest absolute Gasteiger partial charge is 0.341 e. The molecule has 0 spiro atoms. The number of carbonyl (C=O) groups is 1. The van der Waals surface area contributed by atoms with Gasteiger partial charge in [-0.05, 0) is 48.8 Å². The molecule has 0 aromatic carbocycles. The van der Waals surface area contributed by atoms with Crippen molar-refractivity contribution in [1.82, 2.24) is 4.98 Å². The molecule has 1 aliphatic rings. The van der Waals surface area contributed by atoms with E-state index in [2.05, 4.69) is 4.98 Å². The Bertz CT molecular complexity index is 637. The van der Waals surface area contributed by atoms with Crippen molar-refractivity contribution in [3.05, 3.63) is 45.3 Å². The van der Waals surface area contributed by atoms with Crippen LogP contribution in [0.2, 0.25) is 0 Å². The van der Waals surface area contributed by atoms with Gasteiger partial charge in [0.05, 0.1) is 6.61 Å². The van der Waals surface area contributed by atoms with Crippen LogP contribution in [-0.4, -0.2) is 22.7 Å². The lowest BCUT2D eigenvalue weighted by atomic mass is 9.95. The van der Waals surface area contributed by atoms with Crippen LogP contribution in [0, 0.1) is 0 Å². The zero-order chi connectivity index (χ0) is 14.7. The molecule has 0 aliphatic heterocycles. The predicted octanol–water partition coefficient (Wildman–Crippen LogP) is 3.34. The fraction of sp³-hybridized carbons (Fsp3) is 0.375. The molecule has 0 radical (unpaired) electrons. The minimum absolute atomic E-state index is 0.182. The van der Waals surface area contributed by atoms with E-state index < -0.39 is 5.97 Å². The number of fused-ring (bicyclic) bond motifs is 1. The molecular formula is C16H17NO3S. The number of aromatic nitrogens is 1. The van der Waals surface area contributed by atoms with E-state index >= 15 is 0 Å².